The van der Waals surface area contributed by atoms with Gasteiger partial charge in [-0.15, -0.1) is 0 Å². The summed E-state index contributed by atoms with van der Waals surface area (Å²) in [4.78, 5) is 21.4. The lowest BCUT2D eigenvalue weighted by atomic mass is 9.79. The van der Waals surface area contributed by atoms with Crippen LogP contribution in [0, 0.1) is 20.3 Å². The molecule has 1 aromatic heterocycles. The van der Waals surface area contributed by atoms with Crippen molar-refractivity contribution in [3.8, 4) is 6.07 Å². The first-order chi connectivity index (χ1) is 14.7. The Balaban J connectivity index is 1.38. The maximum atomic E-state index is 12.3. The average Bonchev–Trinajstić information content (AvgIpc) is 3.43. The average molecular weight is 530 g/mol. The number of amides is 1. The third kappa shape index (κ3) is 3.84. The van der Waals surface area contributed by atoms with Crippen LogP contribution in [0.25, 0.3) is 10.9 Å². The molecular weight excluding hydrogens is 503 g/mol. The largest absolute Gasteiger partial charge is 0.444 e. The van der Waals surface area contributed by atoms with E-state index in [1.807, 2.05) is 20.8 Å². The van der Waals surface area contributed by atoms with Crippen molar-refractivity contribution in [2.45, 2.75) is 51.6 Å². The number of anilines is 1. The molecule has 7 heteroatoms. The molecule has 1 aliphatic carbocycles. The van der Waals surface area contributed by atoms with Crippen LogP contribution in [-0.2, 0) is 4.74 Å². The molecule has 1 aromatic carbocycles. The number of hydrogen-bond acceptors (Lipinski definition) is 5. The van der Waals surface area contributed by atoms with Gasteiger partial charge in [0.25, 0.3) is 0 Å². The number of pyridine rings is 1. The Morgan fingerprint density at radius 3 is 2.68 bits per heavy atom. The predicted molar refractivity (Wildman–Crippen MR) is 128 cm³/mol. The predicted octanol–water partition coefficient (Wildman–Crippen LogP) is 5.04. The van der Waals surface area contributed by atoms with Crippen molar-refractivity contribution in [3.63, 3.8) is 0 Å². The van der Waals surface area contributed by atoms with Gasteiger partial charge in [-0.25, -0.2) is 9.78 Å². The van der Waals surface area contributed by atoms with Gasteiger partial charge in [-0.2, -0.15) is 5.26 Å². The maximum Gasteiger partial charge on any atom is 0.410 e. The minimum Gasteiger partial charge on any atom is -0.444 e. The fraction of sp³-hybridized carbons (Fsp3) is 0.542. The molecule has 3 aliphatic rings. The number of carbonyl (C=O) groups is 1. The molecule has 0 unspecified atom stereocenters. The van der Waals surface area contributed by atoms with Gasteiger partial charge in [-0.1, -0.05) is 12.1 Å². The second-order valence-electron chi connectivity index (χ2n) is 10.3. The molecule has 1 saturated carbocycles. The summed E-state index contributed by atoms with van der Waals surface area (Å²) >= 11 is 2.29. The van der Waals surface area contributed by atoms with E-state index < -0.39 is 5.60 Å². The van der Waals surface area contributed by atoms with Gasteiger partial charge in [0.15, 0.2) is 0 Å². The molecule has 0 N–H and O–H groups in total. The van der Waals surface area contributed by atoms with Crippen LogP contribution in [0.15, 0.2) is 18.2 Å². The molecule has 2 aliphatic heterocycles. The maximum absolute atomic E-state index is 12.3. The summed E-state index contributed by atoms with van der Waals surface area (Å²) in [7, 11) is 0. The smallest absolute Gasteiger partial charge is 0.410 e. The Bertz CT molecular complexity index is 1110. The fourth-order valence-corrected chi connectivity index (χ4v) is 5.64. The van der Waals surface area contributed by atoms with Crippen LogP contribution in [0.2, 0.25) is 0 Å². The minimum atomic E-state index is -0.478. The van der Waals surface area contributed by atoms with Crippen molar-refractivity contribution in [2.24, 2.45) is 5.41 Å². The summed E-state index contributed by atoms with van der Waals surface area (Å²) < 4.78 is 6.49. The summed E-state index contributed by atoms with van der Waals surface area (Å²) in [6.07, 6.45) is 3.28. The highest BCUT2D eigenvalue weighted by Gasteiger charge is 2.50. The lowest BCUT2D eigenvalue weighted by Crippen LogP contribution is -2.60. The van der Waals surface area contributed by atoms with Gasteiger partial charge in [0.1, 0.15) is 23.1 Å². The Kier molecular flexibility index (Phi) is 4.85. The Morgan fingerprint density at radius 1 is 1.29 bits per heavy atom. The van der Waals surface area contributed by atoms with E-state index in [2.05, 4.69) is 51.8 Å². The zero-order chi connectivity index (χ0) is 22.0. The number of halogens is 1. The van der Waals surface area contributed by atoms with E-state index in [9.17, 15) is 10.1 Å². The number of nitrogens with zero attached hydrogens (tertiary/aromatic N) is 4. The van der Waals surface area contributed by atoms with Gasteiger partial charge in [-0.05, 0) is 80.2 Å². The molecule has 3 fully saturated rings. The second kappa shape index (κ2) is 7.22. The van der Waals surface area contributed by atoms with E-state index in [1.54, 1.807) is 4.90 Å². The molecule has 5 rings (SSSR count). The molecule has 6 nitrogen and oxygen atoms in total. The van der Waals surface area contributed by atoms with Crippen molar-refractivity contribution in [2.75, 3.05) is 31.1 Å². The number of fused-ring (bicyclic) bond motifs is 1. The number of hydrogen-bond donors (Lipinski definition) is 0. The summed E-state index contributed by atoms with van der Waals surface area (Å²) in [5.41, 5.74) is 2.59. The van der Waals surface area contributed by atoms with Crippen molar-refractivity contribution in [1.82, 2.24) is 9.88 Å². The molecule has 2 saturated heterocycles. The summed E-state index contributed by atoms with van der Waals surface area (Å²) in [6.45, 7) is 8.76. The van der Waals surface area contributed by atoms with Gasteiger partial charge in [-0.3, -0.25) is 0 Å². The first kappa shape index (κ1) is 20.8. The molecule has 2 aromatic rings. The molecule has 0 bridgehead atoms. The number of carbonyl (C=O) groups excluding carboxylic acids is 1. The van der Waals surface area contributed by atoms with Gasteiger partial charge in [0.2, 0.25) is 0 Å². The van der Waals surface area contributed by atoms with E-state index in [0.29, 0.717) is 24.6 Å². The first-order valence-corrected chi connectivity index (χ1v) is 12.0. The van der Waals surface area contributed by atoms with Crippen LogP contribution in [0.5, 0.6) is 0 Å². The SMILES string of the molecule is CC(C)(C)OC(=O)N1CC2(CCN(c3nc4cc(C5CC5)ccc4c(I)c3C#N)C2)C1. The standard InChI is InChI=1S/C24H27IN4O2/c1-23(2,3)31-22(30)29-13-24(14-29)8-9-28(12-24)21-18(11-26)20(25)17-7-6-16(15-4-5-15)10-19(17)27-21/h6-7,10,15H,4-5,8-9,12-14H2,1-3H3. The number of nitriles is 1. The van der Waals surface area contributed by atoms with E-state index in [4.69, 9.17) is 9.72 Å². The normalized spacial score (nSPS) is 20.1. The van der Waals surface area contributed by atoms with E-state index in [-0.39, 0.29) is 11.5 Å². The van der Waals surface area contributed by atoms with Crippen LogP contribution < -0.4 is 4.90 Å². The first-order valence-electron chi connectivity index (χ1n) is 10.9. The summed E-state index contributed by atoms with van der Waals surface area (Å²) in [5, 5.41) is 11.0. The number of benzene rings is 1. The molecule has 31 heavy (non-hydrogen) atoms. The zero-order valence-electron chi connectivity index (χ0n) is 18.2. The number of rotatable bonds is 2. The third-order valence-electron chi connectivity index (χ3n) is 6.53. The fourth-order valence-electron chi connectivity index (χ4n) is 4.82. The zero-order valence-corrected chi connectivity index (χ0v) is 20.4. The van der Waals surface area contributed by atoms with Crippen molar-refractivity contribution in [3.05, 3.63) is 32.9 Å². The van der Waals surface area contributed by atoms with Crippen molar-refractivity contribution < 1.29 is 9.53 Å². The molecular formula is C24H27IN4O2. The monoisotopic (exact) mass is 530 g/mol. The highest BCUT2D eigenvalue weighted by atomic mass is 127. The quantitative estimate of drug-likeness (QED) is 0.510. The summed E-state index contributed by atoms with van der Waals surface area (Å²) in [6, 6.07) is 8.92. The van der Waals surface area contributed by atoms with Gasteiger partial charge >= 0.3 is 6.09 Å². The molecule has 1 spiro atoms. The Morgan fingerprint density at radius 2 is 2.03 bits per heavy atom. The van der Waals surface area contributed by atoms with Gasteiger partial charge in [0, 0.05) is 40.6 Å². The number of ether oxygens (including phenoxy) is 1. The molecule has 1 amide bonds. The molecule has 0 atom stereocenters. The van der Waals surface area contributed by atoms with E-state index in [1.165, 1.54) is 18.4 Å². The highest BCUT2D eigenvalue weighted by Crippen LogP contribution is 2.44. The second-order valence-corrected chi connectivity index (χ2v) is 11.4. The lowest BCUT2D eigenvalue weighted by Gasteiger charge is -2.47. The van der Waals surface area contributed by atoms with E-state index in [0.717, 1.165) is 39.8 Å². The molecule has 162 valence electrons. The topological polar surface area (TPSA) is 69.5 Å². The highest BCUT2D eigenvalue weighted by molar-refractivity contribution is 14.1. The van der Waals surface area contributed by atoms with Crippen molar-refractivity contribution >= 4 is 45.4 Å². The minimum absolute atomic E-state index is 0.0710. The van der Waals surface area contributed by atoms with Crippen LogP contribution in [0.3, 0.4) is 0 Å². The lowest BCUT2D eigenvalue weighted by molar-refractivity contribution is -0.0266. The molecule has 3 heterocycles. The van der Waals surface area contributed by atoms with Gasteiger partial charge < -0.3 is 14.5 Å². The number of aromatic nitrogens is 1. The Labute approximate surface area is 196 Å². The van der Waals surface area contributed by atoms with Crippen molar-refractivity contribution in [1.29, 1.82) is 5.26 Å². The molecule has 0 radical (unpaired) electrons. The summed E-state index contributed by atoms with van der Waals surface area (Å²) in [5.74, 6) is 1.46. The van der Waals surface area contributed by atoms with Gasteiger partial charge in [0.05, 0.1) is 5.52 Å². The van der Waals surface area contributed by atoms with Crippen LogP contribution in [0.4, 0.5) is 10.6 Å². The van der Waals surface area contributed by atoms with Crippen LogP contribution in [-0.4, -0.2) is 47.8 Å². The Hall–Kier alpha value is -2.08. The van der Waals surface area contributed by atoms with Crippen LogP contribution >= 0.6 is 22.6 Å². The number of likely N-dealkylation sites (tertiary alicyclic amines) is 1. The van der Waals surface area contributed by atoms with Crippen LogP contribution in [0.1, 0.15) is 57.1 Å². The third-order valence-corrected chi connectivity index (χ3v) is 7.65. The van der Waals surface area contributed by atoms with E-state index >= 15 is 0 Å².